The van der Waals surface area contributed by atoms with E-state index in [-0.39, 0.29) is 11.7 Å². The first-order valence-electron chi connectivity index (χ1n) is 7.54. The van der Waals surface area contributed by atoms with Crippen molar-refractivity contribution in [3.05, 3.63) is 51.5 Å². The number of Topliss-reactive ketones (excluding diaryl/α,β-unsaturated/α-hetero) is 1. The SMILES string of the molecule is CC(=O)CCN1C(=O)/C(=C\c2ccc(-c3ccc(Br)cc3)o2)SC1=S. The van der Waals surface area contributed by atoms with E-state index in [2.05, 4.69) is 15.9 Å². The van der Waals surface area contributed by atoms with Crippen LogP contribution in [0.15, 0.2) is 50.2 Å². The summed E-state index contributed by atoms with van der Waals surface area (Å²) in [5.74, 6) is 1.16. The molecule has 4 nitrogen and oxygen atoms in total. The third-order valence-electron chi connectivity index (χ3n) is 3.59. The molecule has 0 N–H and O–H groups in total. The Hall–Kier alpha value is -1.70. The second kappa shape index (κ2) is 7.68. The molecule has 2 heterocycles. The highest BCUT2D eigenvalue weighted by Gasteiger charge is 2.32. The van der Waals surface area contributed by atoms with Crippen molar-refractivity contribution in [2.75, 3.05) is 6.54 Å². The zero-order valence-corrected chi connectivity index (χ0v) is 16.5. The van der Waals surface area contributed by atoms with Crippen molar-refractivity contribution >= 4 is 62.0 Å². The topological polar surface area (TPSA) is 50.5 Å². The van der Waals surface area contributed by atoms with Crippen molar-refractivity contribution in [3.63, 3.8) is 0 Å². The molecular formula is C18H14BrNO3S2. The van der Waals surface area contributed by atoms with Crippen LogP contribution in [0.1, 0.15) is 19.1 Å². The molecular weight excluding hydrogens is 422 g/mol. The van der Waals surface area contributed by atoms with Gasteiger partial charge in [0.1, 0.15) is 21.6 Å². The van der Waals surface area contributed by atoms with Gasteiger partial charge in [-0.2, -0.15) is 0 Å². The number of nitrogens with zero attached hydrogens (tertiary/aromatic N) is 1. The minimum absolute atomic E-state index is 0.0307. The summed E-state index contributed by atoms with van der Waals surface area (Å²) in [4.78, 5) is 25.5. The van der Waals surface area contributed by atoms with Gasteiger partial charge in [0, 0.05) is 29.1 Å². The highest BCUT2D eigenvalue weighted by molar-refractivity contribution is 9.10. The fourth-order valence-electron chi connectivity index (χ4n) is 2.29. The molecule has 0 radical (unpaired) electrons. The number of carbonyl (C=O) groups is 2. The molecule has 1 saturated heterocycles. The molecule has 1 amide bonds. The van der Waals surface area contributed by atoms with Gasteiger partial charge in [-0.3, -0.25) is 14.5 Å². The normalized spacial score (nSPS) is 16.1. The fourth-order valence-corrected chi connectivity index (χ4v) is 3.84. The molecule has 128 valence electrons. The Morgan fingerprint density at radius 2 is 2.00 bits per heavy atom. The standard InChI is InChI=1S/C18H14BrNO3S2/c1-11(21)8-9-20-17(22)16(25-18(20)24)10-14-6-7-15(23-14)12-2-4-13(19)5-3-12/h2-7,10H,8-9H2,1H3/b16-10+. The van der Waals surface area contributed by atoms with Gasteiger partial charge < -0.3 is 4.42 Å². The molecule has 0 spiro atoms. The van der Waals surface area contributed by atoms with Gasteiger partial charge in [0.15, 0.2) is 0 Å². The van der Waals surface area contributed by atoms with Crippen LogP contribution in [0.3, 0.4) is 0 Å². The highest BCUT2D eigenvalue weighted by atomic mass is 79.9. The first-order valence-corrected chi connectivity index (χ1v) is 9.56. The lowest BCUT2D eigenvalue weighted by Gasteiger charge is -2.12. The van der Waals surface area contributed by atoms with Gasteiger partial charge in [0.25, 0.3) is 5.91 Å². The van der Waals surface area contributed by atoms with Crippen molar-refractivity contribution in [1.29, 1.82) is 0 Å². The Bertz CT molecular complexity index is 871. The Morgan fingerprint density at radius 3 is 2.68 bits per heavy atom. The maximum atomic E-state index is 12.4. The molecule has 0 aliphatic carbocycles. The average Bonchev–Trinajstić information content (AvgIpc) is 3.12. The third-order valence-corrected chi connectivity index (χ3v) is 5.50. The van der Waals surface area contributed by atoms with E-state index in [4.69, 9.17) is 16.6 Å². The molecule has 0 saturated carbocycles. The Labute approximate surface area is 163 Å². The van der Waals surface area contributed by atoms with E-state index >= 15 is 0 Å². The first kappa shape index (κ1) is 18.1. The summed E-state index contributed by atoms with van der Waals surface area (Å²) in [6.07, 6.45) is 1.99. The second-order valence-corrected chi connectivity index (χ2v) is 8.09. The Balaban J connectivity index is 1.77. The molecule has 25 heavy (non-hydrogen) atoms. The summed E-state index contributed by atoms with van der Waals surface area (Å²) < 4.78 is 7.28. The van der Waals surface area contributed by atoms with Crippen LogP contribution in [0, 0.1) is 0 Å². The van der Waals surface area contributed by atoms with Crippen molar-refractivity contribution in [3.8, 4) is 11.3 Å². The predicted octanol–water partition coefficient (Wildman–Crippen LogP) is 4.89. The predicted molar refractivity (Wildman–Crippen MR) is 107 cm³/mol. The monoisotopic (exact) mass is 435 g/mol. The lowest BCUT2D eigenvalue weighted by atomic mass is 10.2. The molecule has 2 aromatic rings. The Morgan fingerprint density at radius 1 is 1.28 bits per heavy atom. The molecule has 0 atom stereocenters. The molecule has 0 bridgehead atoms. The van der Waals surface area contributed by atoms with E-state index in [0.29, 0.717) is 28.0 Å². The maximum Gasteiger partial charge on any atom is 0.266 e. The highest BCUT2D eigenvalue weighted by Crippen LogP contribution is 2.33. The van der Waals surface area contributed by atoms with Crippen LogP contribution in [0.5, 0.6) is 0 Å². The van der Waals surface area contributed by atoms with Crippen LogP contribution in [-0.2, 0) is 9.59 Å². The fraction of sp³-hybridized carbons (Fsp3) is 0.167. The van der Waals surface area contributed by atoms with Crippen LogP contribution in [0.25, 0.3) is 17.4 Å². The van der Waals surface area contributed by atoms with Crippen LogP contribution < -0.4 is 0 Å². The molecule has 1 aromatic carbocycles. The van der Waals surface area contributed by atoms with Crippen LogP contribution in [-0.4, -0.2) is 27.5 Å². The summed E-state index contributed by atoms with van der Waals surface area (Å²) in [7, 11) is 0. The summed E-state index contributed by atoms with van der Waals surface area (Å²) in [6.45, 7) is 1.82. The number of thiocarbonyl (C=S) groups is 1. The van der Waals surface area contributed by atoms with Crippen LogP contribution in [0.2, 0.25) is 0 Å². The van der Waals surface area contributed by atoms with Gasteiger partial charge in [-0.15, -0.1) is 0 Å². The van der Waals surface area contributed by atoms with Crippen molar-refractivity contribution in [2.45, 2.75) is 13.3 Å². The summed E-state index contributed by atoms with van der Waals surface area (Å²) in [5.41, 5.74) is 0.955. The molecule has 1 aliphatic heterocycles. The number of thioether (sulfide) groups is 1. The Kier molecular flexibility index (Phi) is 5.56. The van der Waals surface area contributed by atoms with Gasteiger partial charge in [-0.1, -0.05) is 52.0 Å². The first-order chi connectivity index (χ1) is 11.9. The minimum atomic E-state index is -0.183. The van der Waals surface area contributed by atoms with E-state index in [1.54, 1.807) is 6.08 Å². The van der Waals surface area contributed by atoms with Crippen LogP contribution in [0.4, 0.5) is 0 Å². The zero-order valence-electron chi connectivity index (χ0n) is 13.3. The van der Waals surface area contributed by atoms with Gasteiger partial charge in [-0.05, 0) is 31.2 Å². The van der Waals surface area contributed by atoms with Gasteiger partial charge in [-0.25, -0.2) is 0 Å². The smallest absolute Gasteiger partial charge is 0.266 e. The minimum Gasteiger partial charge on any atom is -0.457 e. The van der Waals surface area contributed by atoms with E-state index in [1.807, 2.05) is 36.4 Å². The zero-order chi connectivity index (χ0) is 18.0. The number of furan rings is 1. The number of benzene rings is 1. The van der Waals surface area contributed by atoms with E-state index in [0.717, 1.165) is 15.8 Å². The van der Waals surface area contributed by atoms with Crippen molar-refractivity contribution < 1.29 is 14.0 Å². The van der Waals surface area contributed by atoms with Crippen LogP contribution >= 0.6 is 39.9 Å². The summed E-state index contributed by atoms with van der Waals surface area (Å²) in [6, 6.07) is 11.5. The quantitative estimate of drug-likeness (QED) is 0.494. The lowest BCUT2D eigenvalue weighted by Crippen LogP contribution is -2.30. The number of hydrogen-bond acceptors (Lipinski definition) is 5. The maximum absolute atomic E-state index is 12.4. The average molecular weight is 436 g/mol. The van der Waals surface area contributed by atoms with Crippen molar-refractivity contribution in [2.24, 2.45) is 0 Å². The molecule has 0 unspecified atom stereocenters. The largest absolute Gasteiger partial charge is 0.457 e. The molecule has 1 aliphatic rings. The van der Waals surface area contributed by atoms with E-state index in [9.17, 15) is 9.59 Å². The van der Waals surface area contributed by atoms with E-state index in [1.165, 1.54) is 23.6 Å². The van der Waals surface area contributed by atoms with Gasteiger partial charge >= 0.3 is 0 Å². The summed E-state index contributed by atoms with van der Waals surface area (Å²) in [5, 5.41) is 0. The number of ketones is 1. The van der Waals surface area contributed by atoms with Gasteiger partial charge in [0.05, 0.1) is 4.91 Å². The molecule has 1 aromatic heterocycles. The number of hydrogen-bond donors (Lipinski definition) is 0. The number of rotatable bonds is 5. The summed E-state index contributed by atoms with van der Waals surface area (Å²) >= 11 is 9.87. The lowest BCUT2D eigenvalue weighted by molar-refractivity contribution is -0.122. The van der Waals surface area contributed by atoms with Crippen molar-refractivity contribution in [1.82, 2.24) is 4.90 Å². The third kappa shape index (κ3) is 4.29. The van der Waals surface area contributed by atoms with E-state index < -0.39 is 0 Å². The molecule has 1 fully saturated rings. The molecule has 7 heteroatoms. The van der Waals surface area contributed by atoms with Gasteiger partial charge in [0.2, 0.25) is 0 Å². The number of amides is 1. The molecule has 3 rings (SSSR count). The number of carbonyl (C=O) groups excluding carboxylic acids is 2. The number of halogens is 1. The second-order valence-electron chi connectivity index (χ2n) is 5.49.